The van der Waals surface area contributed by atoms with Crippen molar-refractivity contribution in [3.05, 3.63) is 198 Å². The van der Waals surface area contributed by atoms with Crippen molar-refractivity contribution >= 4 is 0 Å². The molecule has 0 radical (unpaired) electrons. The first-order valence-electron chi connectivity index (χ1n) is 16.9. The predicted molar refractivity (Wildman–Crippen MR) is 199 cm³/mol. The lowest BCUT2D eigenvalue weighted by molar-refractivity contribution is 0.438. The van der Waals surface area contributed by atoms with Crippen molar-refractivity contribution in [2.24, 2.45) is 0 Å². The molecular weight excluding hydrogens is 611 g/mol. The van der Waals surface area contributed by atoms with E-state index in [4.69, 9.17) is 19.7 Å². The Morgan fingerprint density at radius 3 is 1.32 bits per heavy atom. The summed E-state index contributed by atoms with van der Waals surface area (Å²) in [4.78, 5) is 14.7. The van der Waals surface area contributed by atoms with Gasteiger partial charge in [0.25, 0.3) is 0 Å². The molecule has 1 spiro atoms. The summed E-state index contributed by atoms with van der Waals surface area (Å²) in [5, 5.41) is 0. The summed E-state index contributed by atoms with van der Waals surface area (Å²) < 4.78 is 6.89. The van der Waals surface area contributed by atoms with Crippen molar-refractivity contribution in [3.8, 4) is 67.9 Å². The normalized spacial score (nSPS) is 13.1. The Balaban J connectivity index is 1.13. The number of nitrogens with zero attached hydrogens (tertiary/aromatic N) is 3. The molecule has 0 unspecified atom stereocenters. The standard InChI is InChI=1S/C46H29N3O/c1-3-14-31(15-4-1)43-47-44(32-16-5-2-6-17-32)49-45(48-43)33-28-26-30(27-29-33)34-20-13-24-40-42(34)50-41-25-12-11-23-39(41)46(40)37-21-9-7-18-35(37)36-19-8-10-22-38(36)46/h1-29H. The number of hydrogen-bond donors (Lipinski definition) is 0. The highest BCUT2D eigenvalue weighted by Crippen LogP contribution is 2.63. The number of hydrogen-bond acceptors (Lipinski definition) is 4. The van der Waals surface area contributed by atoms with E-state index < -0.39 is 5.41 Å². The van der Waals surface area contributed by atoms with E-state index in [1.807, 2.05) is 60.7 Å². The first-order valence-corrected chi connectivity index (χ1v) is 16.9. The Hall–Kier alpha value is -6.65. The molecule has 0 fully saturated rings. The first kappa shape index (κ1) is 28.4. The molecule has 0 N–H and O–H groups in total. The molecule has 7 aromatic carbocycles. The van der Waals surface area contributed by atoms with Gasteiger partial charge in [-0.25, -0.2) is 15.0 Å². The van der Waals surface area contributed by atoms with Crippen LogP contribution in [0.4, 0.5) is 0 Å². The summed E-state index contributed by atoms with van der Waals surface area (Å²) >= 11 is 0. The van der Waals surface area contributed by atoms with Crippen molar-refractivity contribution < 1.29 is 4.74 Å². The van der Waals surface area contributed by atoms with Crippen LogP contribution in [0.15, 0.2) is 176 Å². The van der Waals surface area contributed by atoms with Gasteiger partial charge in [0, 0.05) is 33.4 Å². The van der Waals surface area contributed by atoms with Gasteiger partial charge in [-0.05, 0) is 33.9 Å². The second-order valence-electron chi connectivity index (χ2n) is 12.7. The van der Waals surface area contributed by atoms with Gasteiger partial charge >= 0.3 is 0 Å². The maximum atomic E-state index is 6.89. The molecule has 1 aliphatic heterocycles. The molecule has 0 saturated carbocycles. The molecule has 2 heterocycles. The third kappa shape index (κ3) is 4.22. The third-order valence-electron chi connectivity index (χ3n) is 10.0. The number of ether oxygens (including phenoxy) is 1. The zero-order valence-corrected chi connectivity index (χ0v) is 27.0. The maximum Gasteiger partial charge on any atom is 0.164 e. The van der Waals surface area contributed by atoms with E-state index in [1.165, 1.54) is 22.3 Å². The van der Waals surface area contributed by atoms with E-state index in [-0.39, 0.29) is 0 Å². The molecule has 4 heteroatoms. The molecule has 50 heavy (non-hydrogen) atoms. The van der Waals surface area contributed by atoms with E-state index in [2.05, 4.69) is 115 Å². The largest absolute Gasteiger partial charge is 0.456 e. The molecule has 2 aliphatic rings. The smallest absolute Gasteiger partial charge is 0.164 e. The number of aromatic nitrogens is 3. The Morgan fingerprint density at radius 1 is 0.320 bits per heavy atom. The molecule has 8 aromatic rings. The fraction of sp³-hybridized carbons (Fsp3) is 0.0217. The minimum Gasteiger partial charge on any atom is -0.456 e. The van der Waals surface area contributed by atoms with Crippen LogP contribution < -0.4 is 4.74 Å². The topological polar surface area (TPSA) is 47.9 Å². The van der Waals surface area contributed by atoms with E-state index >= 15 is 0 Å². The lowest BCUT2D eigenvalue weighted by Crippen LogP contribution is -2.32. The van der Waals surface area contributed by atoms with Crippen LogP contribution in [0.25, 0.3) is 56.4 Å². The van der Waals surface area contributed by atoms with Gasteiger partial charge < -0.3 is 4.74 Å². The van der Waals surface area contributed by atoms with Gasteiger partial charge in [-0.1, -0.05) is 170 Å². The van der Waals surface area contributed by atoms with Crippen LogP contribution in [0.1, 0.15) is 22.3 Å². The van der Waals surface area contributed by atoms with Crippen LogP contribution in [0, 0.1) is 0 Å². The van der Waals surface area contributed by atoms with E-state index in [9.17, 15) is 0 Å². The van der Waals surface area contributed by atoms with Gasteiger partial charge in [-0.3, -0.25) is 0 Å². The minimum atomic E-state index is -0.500. The zero-order chi connectivity index (χ0) is 33.1. The Bertz CT molecular complexity index is 2460. The van der Waals surface area contributed by atoms with Crippen LogP contribution in [-0.4, -0.2) is 15.0 Å². The van der Waals surface area contributed by atoms with E-state index in [0.29, 0.717) is 17.5 Å². The van der Waals surface area contributed by atoms with Crippen molar-refractivity contribution in [1.82, 2.24) is 15.0 Å². The number of fused-ring (bicyclic) bond motifs is 9. The highest BCUT2D eigenvalue weighted by molar-refractivity contribution is 5.90. The summed E-state index contributed by atoms with van der Waals surface area (Å²) in [7, 11) is 0. The molecule has 1 aromatic heterocycles. The van der Waals surface area contributed by atoms with E-state index in [1.54, 1.807) is 0 Å². The quantitative estimate of drug-likeness (QED) is 0.192. The Kier molecular flexibility index (Phi) is 6.36. The number of rotatable bonds is 4. The van der Waals surface area contributed by atoms with Crippen LogP contribution >= 0.6 is 0 Å². The average molecular weight is 640 g/mol. The van der Waals surface area contributed by atoms with Gasteiger partial charge in [0.1, 0.15) is 11.5 Å². The van der Waals surface area contributed by atoms with Crippen LogP contribution in [0.2, 0.25) is 0 Å². The molecule has 0 amide bonds. The second kappa shape index (κ2) is 11.2. The zero-order valence-electron chi connectivity index (χ0n) is 27.0. The summed E-state index contributed by atoms with van der Waals surface area (Å²) in [5.41, 5.74) is 11.8. The highest BCUT2D eigenvalue weighted by atomic mass is 16.5. The van der Waals surface area contributed by atoms with Crippen molar-refractivity contribution in [2.45, 2.75) is 5.41 Å². The van der Waals surface area contributed by atoms with Crippen molar-refractivity contribution in [2.75, 3.05) is 0 Å². The molecule has 234 valence electrons. The lowest BCUT2D eigenvalue weighted by Gasteiger charge is -2.40. The fourth-order valence-electron chi connectivity index (χ4n) is 7.84. The number of para-hydroxylation sites is 2. The highest BCUT2D eigenvalue weighted by Gasteiger charge is 2.51. The fourth-order valence-corrected chi connectivity index (χ4v) is 7.84. The monoisotopic (exact) mass is 639 g/mol. The molecule has 0 bridgehead atoms. The molecule has 4 nitrogen and oxygen atoms in total. The SMILES string of the molecule is c1ccc(-c2nc(-c3ccccc3)nc(-c3ccc(-c4cccc5c4Oc4ccccc4C54c5ccccc5-c5ccccc54)cc3)n2)cc1. The average Bonchev–Trinajstić information content (AvgIpc) is 3.49. The predicted octanol–water partition coefficient (Wildman–Crippen LogP) is 11.0. The second-order valence-corrected chi connectivity index (χ2v) is 12.7. The summed E-state index contributed by atoms with van der Waals surface area (Å²) in [6, 6.07) is 61.3. The van der Waals surface area contributed by atoms with Crippen LogP contribution in [0.5, 0.6) is 11.5 Å². The summed E-state index contributed by atoms with van der Waals surface area (Å²) in [6.07, 6.45) is 0. The van der Waals surface area contributed by atoms with Gasteiger partial charge in [0.15, 0.2) is 17.5 Å². The third-order valence-corrected chi connectivity index (χ3v) is 10.0. The molecule has 0 atom stereocenters. The van der Waals surface area contributed by atoms with Crippen LogP contribution in [0.3, 0.4) is 0 Å². The van der Waals surface area contributed by atoms with Gasteiger partial charge in [-0.15, -0.1) is 0 Å². The first-order chi connectivity index (χ1) is 24.8. The molecule has 0 saturated heterocycles. The summed E-state index contributed by atoms with van der Waals surface area (Å²) in [5.74, 6) is 3.67. The van der Waals surface area contributed by atoms with E-state index in [0.717, 1.165) is 50.4 Å². The van der Waals surface area contributed by atoms with Gasteiger partial charge in [0.05, 0.1) is 5.41 Å². The summed E-state index contributed by atoms with van der Waals surface area (Å²) in [6.45, 7) is 0. The van der Waals surface area contributed by atoms with Gasteiger partial charge in [0.2, 0.25) is 0 Å². The van der Waals surface area contributed by atoms with Crippen molar-refractivity contribution in [3.63, 3.8) is 0 Å². The van der Waals surface area contributed by atoms with Crippen LogP contribution in [-0.2, 0) is 5.41 Å². The minimum absolute atomic E-state index is 0.500. The van der Waals surface area contributed by atoms with Gasteiger partial charge in [-0.2, -0.15) is 0 Å². The molecule has 10 rings (SSSR count). The maximum absolute atomic E-state index is 6.89. The van der Waals surface area contributed by atoms with Crippen molar-refractivity contribution in [1.29, 1.82) is 0 Å². The molecule has 1 aliphatic carbocycles. The Morgan fingerprint density at radius 2 is 0.740 bits per heavy atom. The lowest BCUT2D eigenvalue weighted by atomic mass is 9.65. The number of benzene rings is 7. The Labute approximate surface area is 290 Å². The molecular formula is C46H29N3O.